The molecule has 0 atom stereocenters. The number of anilines is 1. The maximum Gasteiger partial charge on any atom is 0.232 e. The zero-order chi connectivity index (χ0) is 19.3. The molecule has 1 aromatic rings. The molecule has 1 aliphatic rings. The van der Waals surface area contributed by atoms with Crippen LogP contribution in [-0.4, -0.2) is 76.3 Å². The van der Waals surface area contributed by atoms with Gasteiger partial charge in [-0.2, -0.15) is 0 Å². The lowest BCUT2D eigenvalue weighted by Gasteiger charge is -2.33. The Balaban J connectivity index is 2.03. The maximum absolute atomic E-state index is 12.4. The number of carbonyl (C=O) groups is 1. The van der Waals surface area contributed by atoms with E-state index < -0.39 is 10.0 Å². The van der Waals surface area contributed by atoms with Crippen molar-refractivity contribution in [3.05, 3.63) is 24.3 Å². The molecule has 0 spiro atoms. The number of hydrogen-bond acceptors (Lipinski definition) is 5. The second kappa shape index (κ2) is 8.73. The number of rotatable bonds is 7. The Kier molecular flexibility index (Phi) is 6.88. The molecule has 0 unspecified atom stereocenters. The summed E-state index contributed by atoms with van der Waals surface area (Å²) in [7, 11) is -1.45. The molecule has 8 heteroatoms. The molecule has 1 aromatic carbocycles. The fourth-order valence-corrected chi connectivity index (χ4v) is 3.79. The number of amides is 1. The van der Waals surface area contributed by atoms with Crippen LogP contribution in [0.3, 0.4) is 0 Å². The Hall–Kier alpha value is -1.80. The van der Waals surface area contributed by atoms with Gasteiger partial charge in [0, 0.05) is 39.1 Å². The Morgan fingerprint density at radius 3 is 2.23 bits per heavy atom. The van der Waals surface area contributed by atoms with Gasteiger partial charge in [-0.3, -0.25) is 9.10 Å². The molecule has 0 aromatic heterocycles. The number of sulfonamides is 1. The summed E-state index contributed by atoms with van der Waals surface area (Å²) in [5.41, 5.74) is 0.537. The van der Waals surface area contributed by atoms with Crippen LogP contribution in [0.15, 0.2) is 24.3 Å². The normalized spacial score (nSPS) is 16.0. The van der Waals surface area contributed by atoms with Crippen LogP contribution < -0.4 is 9.04 Å². The summed E-state index contributed by atoms with van der Waals surface area (Å²) in [6.07, 6.45) is 1.38. The summed E-state index contributed by atoms with van der Waals surface area (Å²) in [4.78, 5) is 16.4. The molecular formula is C18H29N3O4S. The molecule has 1 saturated heterocycles. The van der Waals surface area contributed by atoms with E-state index in [9.17, 15) is 13.2 Å². The highest BCUT2D eigenvalue weighted by Gasteiger charge is 2.23. The highest BCUT2D eigenvalue weighted by molar-refractivity contribution is 7.92. The van der Waals surface area contributed by atoms with Crippen LogP contribution >= 0.6 is 0 Å². The minimum atomic E-state index is -3.48. The monoisotopic (exact) mass is 383 g/mol. The lowest BCUT2D eigenvalue weighted by Crippen LogP contribution is -2.48. The number of likely N-dealkylation sites (N-methyl/N-ethyl adjacent to an activating group) is 1. The average molecular weight is 384 g/mol. The van der Waals surface area contributed by atoms with Gasteiger partial charge in [0.05, 0.1) is 18.0 Å². The lowest BCUT2D eigenvalue weighted by atomic mass is 10.2. The smallest absolute Gasteiger partial charge is 0.232 e. The molecule has 7 nitrogen and oxygen atoms in total. The first-order chi connectivity index (χ1) is 12.2. The SMILES string of the molecule is CC(C)Oc1ccc(N(CCC(=O)N2CCN(C)CC2)S(C)(=O)=O)cc1. The van der Waals surface area contributed by atoms with Gasteiger partial charge in [0.2, 0.25) is 15.9 Å². The van der Waals surface area contributed by atoms with E-state index in [1.807, 2.05) is 20.9 Å². The molecule has 1 amide bonds. The van der Waals surface area contributed by atoms with Gasteiger partial charge >= 0.3 is 0 Å². The van der Waals surface area contributed by atoms with E-state index >= 15 is 0 Å². The summed E-state index contributed by atoms with van der Waals surface area (Å²) >= 11 is 0. The van der Waals surface area contributed by atoms with E-state index in [-0.39, 0.29) is 25.0 Å². The summed E-state index contributed by atoms with van der Waals surface area (Å²) < 4.78 is 31.2. The largest absolute Gasteiger partial charge is 0.491 e. The average Bonchev–Trinajstić information content (AvgIpc) is 2.55. The predicted octanol–water partition coefficient (Wildman–Crippen LogP) is 1.40. The van der Waals surface area contributed by atoms with Crippen molar-refractivity contribution in [1.82, 2.24) is 9.80 Å². The van der Waals surface area contributed by atoms with Crippen LogP contribution in [0.1, 0.15) is 20.3 Å². The van der Waals surface area contributed by atoms with E-state index in [2.05, 4.69) is 4.90 Å². The molecule has 0 bridgehead atoms. The number of ether oxygens (including phenoxy) is 1. The third-order valence-corrected chi connectivity index (χ3v) is 5.48. The van der Waals surface area contributed by atoms with Gasteiger partial charge in [0.1, 0.15) is 5.75 Å². The van der Waals surface area contributed by atoms with E-state index in [1.54, 1.807) is 29.2 Å². The van der Waals surface area contributed by atoms with Crippen LogP contribution in [0.4, 0.5) is 5.69 Å². The Morgan fingerprint density at radius 2 is 1.73 bits per heavy atom. The van der Waals surface area contributed by atoms with Gasteiger partial charge in [-0.1, -0.05) is 0 Å². The first-order valence-electron chi connectivity index (χ1n) is 8.87. The van der Waals surface area contributed by atoms with Crippen molar-refractivity contribution in [2.75, 3.05) is 50.3 Å². The Morgan fingerprint density at radius 1 is 1.15 bits per heavy atom. The highest BCUT2D eigenvalue weighted by Crippen LogP contribution is 2.22. The number of nitrogens with zero attached hydrogens (tertiary/aromatic N) is 3. The van der Waals surface area contributed by atoms with Crippen molar-refractivity contribution in [2.24, 2.45) is 0 Å². The van der Waals surface area contributed by atoms with Crippen molar-refractivity contribution in [3.63, 3.8) is 0 Å². The number of hydrogen-bond donors (Lipinski definition) is 0. The molecule has 0 saturated carbocycles. The van der Waals surface area contributed by atoms with Gasteiger partial charge in [-0.25, -0.2) is 8.42 Å². The zero-order valence-corrected chi connectivity index (χ0v) is 16.8. The molecule has 26 heavy (non-hydrogen) atoms. The van der Waals surface area contributed by atoms with Crippen LogP contribution in [-0.2, 0) is 14.8 Å². The summed E-state index contributed by atoms with van der Waals surface area (Å²) in [6.45, 7) is 7.07. The minimum Gasteiger partial charge on any atom is -0.491 e. The zero-order valence-electron chi connectivity index (χ0n) is 16.0. The van der Waals surface area contributed by atoms with Gasteiger partial charge < -0.3 is 14.5 Å². The van der Waals surface area contributed by atoms with Gasteiger partial charge in [0.25, 0.3) is 0 Å². The highest BCUT2D eigenvalue weighted by atomic mass is 32.2. The second-order valence-corrected chi connectivity index (χ2v) is 8.84. The number of carbonyl (C=O) groups excluding carboxylic acids is 1. The van der Waals surface area contributed by atoms with E-state index in [0.717, 1.165) is 19.3 Å². The van der Waals surface area contributed by atoms with Crippen molar-refractivity contribution >= 4 is 21.6 Å². The van der Waals surface area contributed by atoms with Crippen molar-refractivity contribution in [2.45, 2.75) is 26.4 Å². The number of piperazine rings is 1. The van der Waals surface area contributed by atoms with Crippen LogP contribution in [0.2, 0.25) is 0 Å². The number of benzene rings is 1. The van der Waals surface area contributed by atoms with E-state index in [0.29, 0.717) is 24.5 Å². The standard InChI is InChI=1S/C18H29N3O4S/c1-15(2)25-17-7-5-16(6-8-17)21(26(4,23)24)10-9-18(22)20-13-11-19(3)12-14-20/h5-8,15H,9-14H2,1-4H3. The summed E-state index contributed by atoms with van der Waals surface area (Å²) in [5.74, 6) is 0.678. The predicted molar refractivity (Wildman–Crippen MR) is 103 cm³/mol. The van der Waals surface area contributed by atoms with Crippen molar-refractivity contribution in [3.8, 4) is 5.75 Å². The molecular weight excluding hydrogens is 354 g/mol. The quantitative estimate of drug-likeness (QED) is 0.712. The molecule has 1 fully saturated rings. The van der Waals surface area contributed by atoms with Crippen LogP contribution in [0.5, 0.6) is 5.75 Å². The van der Waals surface area contributed by atoms with Gasteiger partial charge in [-0.05, 0) is 45.2 Å². The molecule has 0 aliphatic carbocycles. The third kappa shape index (κ3) is 5.88. The first-order valence-corrected chi connectivity index (χ1v) is 10.7. The molecule has 146 valence electrons. The van der Waals surface area contributed by atoms with Crippen LogP contribution in [0.25, 0.3) is 0 Å². The Bertz CT molecular complexity index is 696. The fourth-order valence-electron chi connectivity index (χ4n) is 2.86. The van der Waals surface area contributed by atoms with Crippen LogP contribution in [0, 0.1) is 0 Å². The first kappa shape index (κ1) is 20.5. The van der Waals surface area contributed by atoms with E-state index in [4.69, 9.17) is 4.74 Å². The minimum absolute atomic E-state index is 0.00786. The van der Waals surface area contributed by atoms with Gasteiger partial charge in [-0.15, -0.1) is 0 Å². The third-order valence-electron chi connectivity index (χ3n) is 4.28. The molecule has 1 aliphatic heterocycles. The summed E-state index contributed by atoms with van der Waals surface area (Å²) in [5, 5.41) is 0. The fraction of sp³-hybridized carbons (Fsp3) is 0.611. The Labute approximate surface area is 156 Å². The van der Waals surface area contributed by atoms with Crippen molar-refractivity contribution in [1.29, 1.82) is 0 Å². The maximum atomic E-state index is 12.4. The van der Waals surface area contributed by atoms with E-state index in [1.165, 1.54) is 4.31 Å². The summed E-state index contributed by atoms with van der Waals surface area (Å²) in [6, 6.07) is 6.91. The second-order valence-electron chi connectivity index (χ2n) is 6.93. The molecule has 0 N–H and O–H groups in total. The molecule has 1 heterocycles. The molecule has 0 radical (unpaired) electrons. The topological polar surface area (TPSA) is 70.2 Å². The van der Waals surface area contributed by atoms with Crippen molar-refractivity contribution < 1.29 is 17.9 Å². The molecule has 2 rings (SSSR count). The van der Waals surface area contributed by atoms with Gasteiger partial charge in [0.15, 0.2) is 0 Å². The lowest BCUT2D eigenvalue weighted by molar-refractivity contribution is -0.132.